The van der Waals surface area contributed by atoms with Crippen LogP contribution in [0.2, 0.25) is 5.02 Å². The monoisotopic (exact) mass is 211 g/mol. The van der Waals surface area contributed by atoms with Crippen molar-refractivity contribution >= 4 is 17.5 Å². The molecule has 1 amide bonds. The molecule has 1 rings (SSSR count). The van der Waals surface area contributed by atoms with Crippen molar-refractivity contribution in [3.63, 3.8) is 0 Å². The predicted molar refractivity (Wildman–Crippen MR) is 58.8 cm³/mol. The minimum Gasteiger partial charge on any atom is -0.350 e. The summed E-state index contributed by atoms with van der Waals surface area (Å²) in [5.74, 6) is -0.0781. The minimum atomic E-state index is -0.0781. The zero-order valence-electron chi connectivity index (χ0n) is 8.60. The van der Waals surface area contributed by atoms with Crippen LogP contribution in [-0.2, 0) is 0 Å². The highest BCUT2D eigenvalue weighted by molar-refractivity contribution is 6.31. The topological polar surface area (TPSA) is 29.1 Å². The molecule has 0 aliphatic carbocycles. The number of benzene rings is 1. The van der Waals surface area contributed by atoms with Gasteiger partial charge in [-0.05, 0) is 44.5 Å². The molecule has 0 heterocycles. The molecule has 1 N–H and O–H groups in total. The Morgan fingerprint density at radius 3 is 2.50 bits per heavy atom. The maximum atomic E-state index is 11.6. The number of hydrogen-bond acceptors (Lipinski definition) is 1. The van der Waals surface area contributed by atoms with Crippen LogP contribution >= 0.6 is 11.6 Å². The van der Waals surface area contributed by atoms with Gasteiger partial charge in [-0.15, -0.1) is 0 Å². The van der Waals surface area contributed by atoms with E-state index in [1.807, 2.05) is 32.9 Å². The molecule has 0 aliphatic rings. The van der Waals surface area contributed by atoms with Crippen molar-refractivity contribution in [3.8, 4) is 0 Å². The highest BCUT2D eigenvalue weighted by atomic mass is 35.5. The smallest absolute Gasteiger partial charge is 0.251 e. The summed E-state index contributed by atoms with van der Waals surface area (Å²) < 4.78 is 0. The first-order valence-electron chi connectivity index (χ1n) is 4.57. The third kappa shape index (κ3) is 3.04. The average molecular weight is 212 g/mol. The lowest BCUT2D eigenvalue weighted by Gasteiger charge is -2.08. The van der Waals surface area contributed by atoms with E-state index in [0.29, 0.717) is 10.6 Å². The number of rotatable bonds is 2. The van der Waals surface area contributed by atoms with Crippen molar-refractivity contribution in [1.82, 2.24) is 5.32 Å². The molecule has 0 saturated carbocycles. The van der Waals surface area contributed by atoms with Crippen LogP contribution in [0.25, 0.3) is 0 Å². The van der Waals surface area contributed by atoms with E-state index in [1.165, 1.54) is 0 Å². The number of amides is 1. The highest BCUT2D eigenvalue weighted by Gasteiger charge is 2.07. The predicted octanol–water partition coefficient (Wildman–Crippen LogP) is 2.79. The standard InChI is InChI=1S/C11H14ClNO/c1-7(2)13-11(14)9-4-8(3)5-10(12)6-9/h4-7H,1-3H3,(H,13,14). The molecule has 76 valence electrons. The van der Waals surface area contributed by atoms with Crippen LogP contribution < -0.4 is 5.32 Å². The Labute approximate surface area is 89.3 Å². The summed E-state index contributed by atoms with van der Waals surface area (Å²) in [7, 11) is 0. The molecule has 14 heavy (non-hydrogen) atoms. The molecule has 2 nitrogen and oxygen atoms in total. The molecule has 0 unspecified atom stereocenters. The van der Waals surface area contributed by atoms with Crippen LogP contribution in [-0.4, -0.2) is 11.9 Å². The number of carbonyl (C=O) groups is 1. The van der Waals surface area contributed by atoms with Gasteiger partial charge in [-0.3, -0.25) is 4.79 Å². The van der Waals surface area contributed by atoms with Crippen molar-refractivity contribution in [2.45, 2.75) is 26.8 Å². The van der Waals surface area contributed by atoms with Crippen molar-refractivity contribution in [1.29, 1.82) is 0 Å². The van der Waals surface area contributed by atoms with Gasteiger partial charge in [-0.25, -0.2) is 0 Å². The Balaban J connectivity index is 2.90. The van der Waals surface area contributed by atoms with Gasteiger partial charge >= 0.3 is 0 Å². The largest absolute Gasteiger partial charge is 0.350 e. The lowest BCUT2D eigenvalue weighted by molar-refractivity contribution is 0.0943. The Bertz CT molecular complexity index is 327. The van der Waals surface area contributed by atoms with E-state index < -0.39 is 0 Å². The van der Waals surface area contributed by atoms with E-state index in [0.717, 1.165) is 5.56 Å². The van der Waals surface area contributed by atoms with Gasteiger partial charge in [0.1, 0.15) is 0 Å². The van der Waals surface area contributed by atoms with Crippen molar-refractivity contribution in [2.24, 2.45) is 0 Å². The second kappa shape index (κ2) is 4.47. The first-order valence-corrected chi connectivity index (χ1v) is 4.95. The van der Waals surface area contributed by atoms with Crippen LogP contribution in [0.15, 0.2) is 18.2 Å². The second-order valence-corrected chi connectivity index (χ2v) is 4.08. The zero-order valence-corrected chi connectivity index (χ0v) is 9.35. The molecule has 0 fully saturated rings. The summed E-state index contributed by atoms with van der Waals surface area (Å²) in [4.78, 5) is 11.6. The molecular weight excluding hydrogens is 198 g/mol. The molecule has 0 bridgehead atoms. The van der Waals surface area contributed by atoms with Gasteiger partial charge in [0.15, 0.2) is 0 Å². The third-order valence-corrected chi connectivity index (χ3v) is 1.94. The Morgan fingerprint density at radius 2 is 2.00 bits per heavy atom. The molecule has 1 aromatic carbocycles. The van der Waals surface area contributed by atoms with E-state index in [9.17, 15) is 4.79 Å². The molecule has 0 aliphatic heterocycles. The SMILES string of the molecule is Cc1cc(Cl)cc(C(=O)NC(C)C)c1. The minimum absolute atomic E-state index is 0.0781. The first kappa shape index (κ1) is 11.1. The maximum absolute atomic E-state index is 11.6. The zero-order chi connectivity index (χ0) is 10.7. The van der Waals surface area contributed by atoms with Crippen molar-refractivity contribution in [2.75, 3.05) is 0 Å². The lowest BCUT2D eigenvalue weighted by atomic mass is 10.1. The van der Waals surface area contributed by atoms with Gasteiger partial charge in [0, 0.05) is 16.6 Å². The molecule has 0 aromatic heterocycles. The number of aryl methyl sites for hydroxylation is 1. The average Bonchev–Trinajstić information content (AvgIpc) is 2.00. The Hall–Kier alpha value is -1.02. The molecular formula is C11H14ClNO. The van der Waals surface area contributed by atoms with E-state index in [1.54, 1.807) is 6.07 Å². The summed E-state index contributed by atoms with van der Waals surface area (Å²) in [5, 5.41) is 3.41. The summed E-state index contributed by atoms with van der Waals surface area (Å²) >= 11 is 5.85. The molecule has 0 atom stereocenters. The van der Waals surface area contributed by atoms with Crippen molar-refractivity contribution < 1.29 is 4.79 Å². The van der Waals surface area contributed by atoms with Gasteiger partial charge in [-0.1, -0.05) is 11.6 Å². The fourth-order valence-corrected chi connectivity index (χ4v) is 1.50. The third-order valence-electron chi connectivity index (χ3n) is 1.72. The number of nitrogens with one attached hydrogen (secondary N) is 1. The quantitative estimate of drug-likeness (QED) is 0.801. The van der Waals surface area contributed by atoms with Crippen molar-refractivity contribution in [3.05, 3.63) is 34.3 Å². The highest BCUT2D eigenvalue weighted by Crippen LogP contribution is 2.14. The van der Waals surface area contributed by atoms with Gasteiger partial charge in [0.25, 0.3) is 5.91 Å². The van der Waals surface area contributed by atoms with Crippen LogP contribution in [0.4, 0.5) is 0 Å². The molecule has 0 spiro atoms. The number of halogens is 1. The molecule has 0 radical (unpaired) electrons. The fraction of sp³-hybridized carbons (Fsp3) is 0.364. The Morgan fingerprint density at radius 1 is 1.36 bits per heavy atom. The number of carbonyl (C=O) groups excluding carboxylic acids is 1. The fourth-order valence-electron chi connectivity index (χ4n) is 1.21. The van der Waals surface area contributed by atoms with Crippen LogP contribution in [0, 0.1) is 6.92 Å². The van der Waals surface area contributed by atoms with Gasteiger partial charge in [-0.2, -0.15) is 0 Å². The normalized spacial score (nSPS) is 10.4. The van der Waals surface area contributed by atoms with E-state index in [4.69, 9.17) is 11.6 Å². The summed E-state index contributed by atoms with van der Waals surface area (Å²) in [6.45, 7) is 5.77. The molecule has 3 heteroatoms. The van der Waals surface area contributed by atoms with E-state index >= 15 is 0 Å². The van der Waals surface area contributed by atoms with Crippen LogP contribution in [0.1, 0.15) is 29.8 Å². The first-order chi connectivity index (χ1) is 6.49. The van der Waals surface area contributed by atoms with Gasteiger partial charge < -0.3 is 5.32 Å². The second-order valence-electron chi connectivity index (χ2n) is 3.65. The Kier molecular flexibility index (Phi) is 3.53. The maximum Gasteiger partial charge on any atom is 0.251 e. The molecule has 1 aromatic rings. The summed E-state index contributed by atoms with van der Waals surface area (Å²) in [6, 6.07) is 5.46. The van der Waals surface area contributed by atoms with Crippen LogP contribution in [0.3, 0.4) is 0 Å². The van der Waals surface area contributed by atoms with E-state index in [2.05, 4.69) is 5.32 Å². The van der Waals surface area contributed by atoms with Gasteiger partial charge in [0.2, 0.25) is 0 Å². The lowest BCUT2D eigenvalue weighted by Crippen LogP contribution is -2.30. The summed E-state index contributed by atoms with van der Waals surface area (Å²) in [6.07, 6.45) is 0. The van der Waals surface area contributed by atoms with Gasteiger partial charge in [0.05, 0.1) is 0 Å². The van der Waals surface area contributed by atoms with Crippen LogP contribution in [0.5, 0.6) is 0 Å². The van der Waals surface area contributed by atoms with E-state index in [-0.39, 0.29) is 11.9 Å². The number of hydrogen-bond donors (Lipinski definition) is 1. The summed E-state index contributed by atoms with van der Waals surface area (Å²) in [5.41, 5.74) is 1.61. The molecule has 0 saturated heterocycles.